The van der Waals surface area contributed by atoms with Crippen molar-refractivity contribution in [1.82, 2.24) is 0 Å². The summed E-state index contributed by atoms with van der Waals surface area (Å²) >= 11 is 3.36. The monoisotopic (exact) mass is 258 g/mol. The highest BCUT2D eigenvalue weighted by Crippen LogP contribution is 2.37. The number of halogens is 1. The van der Waals surface area contributed by atoms with Crippen LogP contribution in [0.4, 0.5) is 0 Å². The number of hydrogen-bond donors (Lipinski definition) is 0. The summed E-state index contributed by atoms with van der Waals surface area (Å²) in [5.41, 5.74) is 1.03. The maximum absolute atomic E-state index is 10.8. The highest BCUT2D eigenvalue weighted by atomic mass is 79.9. The first kappa shape index (κ1) is 11.0. The Labute approximate surface area is 91.1 Å². The van der Waals surface area contributed by atoms with Crippen molar-refractivity contribution < 1.29 is 14.3 Å². The van der Waals surface area contributed by atoms with Crippen LogP contribution in [0.3, 0.4) is 0 Å². The van der Waals surface area contributed by atoms with Crippen molar-refractivity contribution in [3.8, 4) is 11.5 Å². The van der Waals surface area contributed by atoms with E-state index in [1.165, 1.54) is 14.0 Å². The van der Waals surface area contributed by atoms with E-state index in [9.17, 15) is 4.79 Å². The Morgan fingerprint density at radius 3 is 2.57 bits per heavy atom. The van der Waals surface area contributed by atoms with Gasteiger partial charge in [-0.1, -0.05) is 6.07 Å². The van der Waals surface area contributed by atoms with Gasteiger partial charge >= 0.3 is 5.97 Å². The van der Waals surface area contributed by atoms with Gasteiger partial charge in [0.1, 0.15) is 0 Å². The summed E-state index contributed by atoms with van der Waals surface area (Å²) in [5.74, 6) is 0.608. The second-order valence-corrected chi connectivity index (χ2v) is 3.61. The van der Waals surface area contributed by atoms with Crippen molar-refractivity contribution in [3.05, 3.63) is 22.2 Å². The minimum absolute atomic E-state index is 0.362. The molecule has 0 bridgehead atoms. The molecular formula is C10H11BrO3. The van der Waals surface area contributed by atoms with Crippen LogP contribution in [0.5, 0.6) is 11.5 Å². The van der Waals surface area contributed by atoms with E-state index >= 15 is 0 Å². The van der Waals surface area contributed by atoms with Crippen LogP contribution in [0.1, 0.15) is 12.5 Å². The van der Waals surface area contributed by atoms with Crippen LogP contribution in [0, 0.1) is 6.92 Å². The minimum Gasteiger partial charge on any atom is -0.492 e. The van der Waals surface area contributed by atoms with Crippen molar-refractivity contribution in [1.29, 1.82) is 0 Å². The van der Waals surface area contributed by atoms with E-state index in [1.54, 1.807) is 6.07 Å². The van der Waals surface area contributed by atoms with Crippen LogP contribution in [0.25, 0.3) is 0 Å². The predicted molar refractivity (Wildman–Crippen MR) is 56.7 cm³/mol. The molecule has 0 aliphatic carbocycles. The number of esters is 1. The van der Waals surface area contributed by atoms with E-state index in [0.717, 1.165) is 10.0 Å². The van der Waals surface area contributed by atoms with Gasteiger partial charge in [0.2, 0.25) is 0 Å². The van der Waals surface area contributed by atoms with E-state index in [-0.39, 0.29) is 5.97 Å². The van der Waals surface area contributed by atoms with Crippen molar-refractivity contribution >= 4 is 21.9 Å². The van der Waals surface area contributed by atoms with Crippen LogP contribution in [0.2, 0.25) is 0 Å². The maximum atomic E-state index is 10.8. The van der Waals surface area contributed by atoms with Crippen molar-refractivity contribution in [2.24, 2.45) is 0 Å². The predicted octanol–water partition coefficient (Wildman–Crippen LogP) is 2.69. The van der Waals surface area contributed by atoms with Gasteiger partial charge in [-0.15, -0.1) is 0 Å². The summed E-state index contributed by atoms with van der Waals surface area (Å²) in [5, 5.41) is 0. The van der Waals surface area contributed by atoms with Gasteiger partial charge in [-0.05, 0) is 34.5 Å². The molecule has 1 rings (SSSR count). The average molecular weight is 259 g/mol. The number of ether oxygens (including phenoxy) is 2. The summed E-state index contributed by atoms with van der Waals surface area (Å²) in [6.07, 6.45) is 0. The molecule has 3 nitrogen and oxygen atoms in total. The molecule has 1 aromatic rings. The molecular weight excluding hydrogens is 248 g/mol. The number of hydrogen-bond acceptors (Lipinski definition) is 3. The van der Waals surface area contributed by atoms with E-state index in [1.807, 2.05) is 13.0 Å². The molecule has 0 saturated heterocycles. The number of benzene rings is 1. The lowest BCUT2D eigenvalue weighted by Crippen LogP contribution is -2.03. The average Bonchev–Trinajstić information content (AvgIpc) is 2.11. The zero-order valence-electron chi connectivity index (χ0n) is 8.26. The van der Waals surface area contributed by atoms with Crippen LogP contribution < -0.4 is 9.47 Å². The fraction of sp³-hybridized carbons (Fsp3) is 0.300. The molecule has 1 aromatic carbocycles. The van der Waals surface area contributed by atoms with Crippen LogP contribution in [-0.4, -0.2) is 13.1 Å². The zero-order valence-corrected chi connectivity index (χ0v) is 9.84. The molecule has 0 amide bonds. The van der Waals surface area contributed by atoms with E-state index in [4.69, 9.17) is 9.47 Å². The summed E-state index contributed by atoms with van der Waals surface area (Å²) in [6.45, 7) is 3.29. The fourth-order valence-corrected chi connectivity index (χ4v) is 1.55. The topological polar surface area (TPSA) is 35.5 Å². The minimum atomic E-state index is -0.362. The quantitative estimate of drug-likeness (QED) is 0.605. The number of aryl methyl sites for hydroxylation is 1. The number of methoxy groups -OCH3 is 1. The Kier molecular flexibility index (Phi) is 3.52. The Hall–Kier alpha value is -1.03. The fourth-order valence-electron chi connectivity index (χ4n) is 1.06. The van der Waals surface area contributed by atoms with E-state index in [2.05, 4.69) is 15.9 Å². The molecule has 76 valence electrons. The molecule has 0 radical (unpaired) electrons. The Balaban J connectivity index is 3.17. The first-order chi connectivity index (χ1) is 6.56. The number of carbonyl (C=O) groups is 1. The first-order valence-corrected chi connectivity index (χ1v) is 4.87. The third-order valence-electron chi connectivity index (χ3n) is 1.71. The molecule has 0 atom stereocenters. The third kappa shape index (κ3) is 2.26. The molecule has 0 spiro atoms. The van der Waals surface area contributed by atoms with Gasteiger partial charge in [0.05, 0.1) is 11.6 Å². The molecule has 0 fully saturated rings. The van der Waals surface area contributed by atoms with Gasteiger partial charge in [-0.25, -0.2) is 0 Å². The number of rotatable bonds is 2. The molecule has 14 heavy (non-hydrogen) atoms. The summed E-state index contributed by atoms with van der Waals surface area (Å²) < 4.78 is 10.9. The Bertz CT molecular complexity index is 361. The SMILES string of the molecule is COc1c(OC(C)=O)ccc(C)c1Br. The van der Waals surface area contributed by atoms with Crippen LogP contribution in [0.15, 0.2) is 16.6 Å². The summed E-state index contributed by atoms with van der Waals surface area (Å²) in [4.78, 5) is 10.8. The summed E-state index contributed by atoms with van der Waals surface area (Å²) in [6, 6.07) is 3.56. The van der Waals surface area contributed by atoms with Gasteiger partial charge in [-0.3, -0.25) is 4.79 Å². The zero-order chi connectivity index (χ0) is 10.7. The van der Waals surface area contributed by atoms with Crippen LogP contribution >= 0.6 is 15.9 Å². The van der Waals surface area contributed by atoms with E-state index in [0.29, 0.717) is 11.5 Å². The molecule has 0 aromatic heterocycles. The molecule has 0 N–H and O–H groups in total. The smallest absolute Gasteiger partial charge is 0.308 e. The van der Waals surface area contributed by atoms with Gasteiger partial charge in [0.15, 0.2) is 11.5 Å². The number of carbonyl (C=O) groups excluding carboxylic acids is 1. The molecule has 0 heterocycles. The maximum Gasteiger partial charge on any atom is 0.308 e. The van der Waals surface area contributed by atoms with Gasteiger partial charge in [0, 0.05) is 6.92 Å². The lowest BCUT2D eigenvalue weighted by atomic mass is 10.2. The summed E-state index contributed by atoms with van der Waals surface area (Å²) in [7, 11) is 1.53. The molecule has 0 unspecified atom stereocenters. The van der Waals surface area contributed by atoms with Gasteiger partial charge in [0.25, 0.3) is 0 Å². The Morgan fingerprint density at radius 2 is 2.07 bits per heavy atom. The van der Waals surface area contributed by atoms with E-state index < -0.39 is 0 Å². The van der Waals surface area contributed by atoms with Gasteiger partial charge < -0.3 is 9.47 Å². The molecule has 0 aliphatic rings. The van der Waals surface area contributed by atoms with Crippen molar-refractivity contribution in [2.45, 2.75) is 13.8 Å². The third-order valence-corrected chi connectivity index (χ3v) is 2.70. The molecule has 0 saturated carbocycles. The lowest BCUT2D eigenvalue weighted by Gasteiger charge is -2.10. The van der Waals surface area contributed by atoms with Crippen LogP contribution in [-0.2, 0) is 4.79 Å². The molecule has 0 aliphatic heterocycles. The normalized spacial score (nSPS) is 9.71. The molecule has 4 heteroatoms. The highest BCUT2D eigenvalue weighted by Gasteiger charge is 2.12. The van der Waals surface area contributed by atoms with Gasteiger partial charge in [-0.2, -0.15) is 0 Å². The lowest BCUT2D eigenvalue weighted by molar-refractivity contribution is -0.132. The van der Waals surface area contributed by atoms with Crippen molar-refractivity contribution in [3.63, 3.8) is 0 Å². The first-order valence-electron chi connectivity index (χ1n) is 4.07. The highest BCUT2D eigenvalue weighted by molar-refractivity contribution is 9.10. The largest absolute Gasteiger partial charge is 0.492 e. The standard InChI is InChI=1S/C10H11BrO3/c1-6-4-5-8(14-7(2)12)10(13-3)9(6)11/h4-5H,1-3H3. The second kappa shape index (κ2) is 4.46. The Morgan fingerprint density at radius 1 is 1.43 bits per heavy atom. The second-order valence-electron chi connectivity index (χ2n) is 2.82. The van der Waals surface area contributed by atoms with Crippen molar-refractivity contribution in [2.75, 3.05) is 7.11 Å².